The molecule has 0 aliphatic rings. The van der Waals surface area contributed by atoms with Gasteiger partial charge in [-0.2, -0.15) is 5.10 Å². The Morgan fingerprint density at radius 2 is 2.14 bits per heavy atom. The van der Waals surface area contributed by atoms with E-state index >= 15 is 0 Å². The monoisotopic (exact) mass is 300 g/mol. The molecule has 0 atom stereocenters. The van der Waals surface area contributed by atoms with Crippen molar-refractivity contribution in [2.75, 3.05) is 0 Å². The van der Waals surface area contributed by atoms with E-state index in [9.17, 15) is 4.39 Å². The molecular formula is C16H17FN4O. The van der Waals surface area contributed by atoms with E-state index in [0.717, 1.165) is 22.7 Å². The van der Waals surface area contributed by atoms with Gasteiger partial charge in [0.05, 0.1) is 17.1 Å². The van der Waals surface area contributed by atoms with Crippen molar-refractivity contribution in [2.45, 2.75) is 26.9 Å². The number of nitrogens with one attached hydrogen (secondary N) is 1. The number of aromatic nitrogens is 3. The van der Waals surface area contributed by atoms with Gasteiger partial charge in [-0.1, -0.05) is 6.07 Å². The Balaban J connectivity index is 1.69. The molecule has 0 aliphatic carbocycles. The second-order valence-electron chi connectivity index (χ2n) is 5.12. The third kappa shape index (κ3) is 3.07. The maximum absolute atomic E-state index is 13.3. The first-order valence-corrected chi connectivity index (χ1v) is 7.04. The largest absolute Gasteiger partial charge is 0.448 e. The highest BCUT2D eigenvalue weighted by Crippen LogP contribution is 2.13. The normalized spacial score (nSPS) is 11.0. The Labute approximate surface area is 127 Å². The van der Waals surface area contributed by atoms with E-state index < -0.39 is 0 Å². The number of benzene rings is 1. The molecule has 3 aromatic rings. The zero-order valence-corrected chi connectivity index (χ0v) is 12.5. The van der Waals surface area contributed by atoms with Crippen LogP contribution in [0.2, 0.25) is 0 Å². The summed E-state index contributed by atoms with van der Waals surface area (Å²) >= 11 is 0. The molecule has 0 saturated heterocycles. The highest BCUT2D eigenvalue weighted by Gasteiger charge is 2.08. The molecule has 0 unspecified atom stereocenters. The Morgan fingerprint density at radius 3 is 2.86 bits per heavy atom. The number of halogens is 1. The molecule has 6 heteroatoms. The first-order chi connectivity index (χ1) is 10.6. The standard InChI is InChI=1S/C16H17FN4O/c1-11-13(7-18-8-16-12(2)22-10-19-16)9-21(20-11)15-5-3-4-14(17)6-15/h3-6,9-10,18H,7-8H2,1-2H3. The van der Waals surface area contributed by atoms with Gasteiger partial charge in [-0.05, 0) is 32.0 Å². The van der Waals surface area contributed by atoms with Crippen molar-refractivity contribution < 1.29 is 8.81 Å². The van der Waals surface area contributed by atoms with Gasteiger partial charge in [0, 0.05) is 24.8 Å². The summed E-state index contributed by atoms with van der Waals surface area (Å²) < 4.78 is 20.1. The van der Waals surface area contributed by atoms with Gasteiger partial charge in [0.2, 0.25) is 0 Å². The molecule has 3 rings (SSSR count). The molecule has 5 nitrogen and oxygen atoms in total. The molecule has 0 bridgehead atoms. The maximum atomic E-state index is 13.3. The predicted octanol–water partition coefficient (Wildman–Crippen LogP) is 2.91. The van der Waals surface area contributed by atoms with E-state index in [-0.39, 0.29) is 5.82 Å². The zero-order chi connectivity index (χ0) is 15.5. The van der Waals surface area contributed by atoms with Crippen LogP contribution in [0.15, 0.2) is 41.3 Å². The lowest BCUT2D eigenvalue weighted by molar-refractivity contribution is 0.522. The first-order valence-electron chi connectivity index (χ1n) is 7.04. The van der Waals surface area contributed by atoms with Gasteiger partial charge in [0.15, 0.2) is 6.39 Å². The SMILES string of the molecule is Cc1nn(-c2cccc(F)c2)cc1CNCc1ncoc1C. The van der Waals surface area contributed by atoms with Gasteiger partial charge < -0.3 is 9.73 Å². The van der Waals surface area contributed by atoms with E-state index in [1.807, 2.05) is 26.1 Å². The van der Waals surface area contributed by atoms with Crippen molar-refractivity contribution in [2.24, 2.45) is 0 Å². The quantitative estimate of drug-likeness (QED) is 0.787. The summed E-state index contributed by atoms with van der Waals surface area (Å²) in [6.07, 6.45) is 3.35. The fourth-order valence-electron chi connectivity index (χ4n) is 2.23. The first kappa shape index (κ1) is 14.5. The summed E-state index contributed by atoms with van der Waals surface area (Å²) in [5, 5.41) is 7.74. The Bertz CT molecular complexity index is 778. The number of rotatable bonds is 5. The molecule has 1 aromatic carbocycles. The average molecular weight is 300 g/mol. The summed E-state index contributed by atoms with van der Waals surface area (Å²) in [5.74, 6) is 0.548. The summed E-state index contributed by atoms with van der Waals surface area (Å²) in [6.45, 7) is 5.12. The lowest BCUT2D eigenvalue weighted by Crippen LogP contribution is -2.13. The van der Waals surface area contributed by atoms with Gasteiger partial charge in [-0.25, -0.2) is 14.1 Å². The molecule has 22 heavy (non-hydrogen) atoms. The minimum Gasteiger partial charge on any atom is -0.448 e. The third-order valence-corrected chi connectivity index (χ3v) is 3.53. The number of nitrogens with zero attached hydrogens (tertiary/aromatic N) is 3. The minimum atomic E-state index is -0.271. The van der Waals surface area contributed by atoms with Crippen LogP contribution in [-0.4, -0.2) is 14.8 Å². The summed E-state index contributed by atoms with van der Waals surface area (Å²) in [4.78, 5) is 4.14. The molecule has 1 N–H and O–H groups in total. The van der Waals surface area contributed by atoms with Crippen molar-refractivity contribution in [3.8, 4) is 5.69 Å². The Kier molecular flexibility index (Phi) is 4.02. The van der Waals surface area contributed by atoms with E-state index in [4.69, 9.17) is 4.42 Å². The zero-order valence-electron chi connectivity index (χ0n) is 12.5. The van der Waals surface area contributed by atoms with E-state index in [0.29, 0.717) is 18.8 Å². The third-order valence-electron chi connectivity index (χ3n) is 3.53. The predicted molar refractivity (Wildman–Crippen MR) is 80.0 cm³/mol. The van der Waals surface area contributed by atoms with Crippen LogP contribution in [0.4, 0.5) is 4.39 Å². The Morgan fingerprint density at radius 1 is 1.27 bits per heavy atom. The Hall–Kier alpha value is -2.47. The molecular weight excluding hydrogens is 283 g/mol. The van der Waals surface area contributed by atoms with Crippen molar-refractivity contribution in [1.82, 2.24) is 20.1 Å². The second kappa shape index (κ2) is 6.11. The number of aryl methyl sites for hydroxylation is 2. The summed E-state index contributed by atoms with van der Waals surface area (Å²) in [7, 11) is 0. The lowest BCUT2D eigenvalue weighted by atomic mass is 10.2. The molecule has 0 fully saturated rings. The highest BCUT2D eigenvalue weighted by atomic mass is 19.1. The number of oxazole rings is 1. The summed E-state index contributed by atoms with van der Waals surface area (Å²) in [5.41, 5.74) is 3.58. The highest BCUT2D eigenvalue weighted by molar-refractivity contribution is 5.33. The van der Waals surface area contributed by atoms with E-state index in [1.165, 1.54) is 18.5 Å². The molecule has 0 radical (unpaired) electrons. The average Bonchev–Trinajstić information content (AvgIpc) is 3.06. The smallest absolute Gasteiger partial charge is 0.181 e. The van der Waals surface area contributed by atoms with Gasteiger partial charge in [0.25, 0.3) is 0 Å². The van der Waals surface area contributed by atoms with Crippen LogP contribution in [0, 0.1) is 19.7 Å². The maximum Gasteiger partial charge on any atom is 0.181 e. The number of hydrogen-bond acceptors (Lipinski definition) is 4. The van der Waals surface area contributed by atoms with Crippen molar-refractivity contribution in [3.63, 3.8) is 0 Å². The van der Waals surface area contributed by atoms with Crippen LogP contribution in [0.25, 0.3) is 5.69 Å². The fourth-order valence-corrected chi connectivity index (χ4v) is 2.23. The molecule has 2 aromatic heterocycles. The molecule has 114 valence electrons. The molecule has 0 spiro atoms. The van der Waals surface area contributed by atoms with Crippen LogP contribution in [0.1, 0.15) is 22.7 Å². The fraction of sp³-hybridized carbons (Fsp3) is 0.250. The van der Waals surface area contributed by atoms with Gasteiger partial charge in [-0.15, -0.1) is 0 Å². The van der Waals surface area contributed by atoms with E-state index in [1.54, 1.807) is 10.7 Å². The van der Waals surface area contributed by atoms with Crippen LogP contribution in [0.5, 0.6) is 0 Å². The topological polar surface area (TPSA) is 55.9 Å². The van der Waals surface area contributed by atoms with Crippen LogP contribution in [-0.2, 0) is 13.1 Å². The lowest BCUT2D eigenvalue weighted by Gasteiger charge is -2.02. The summed E-state index contributed by atoms with van der Waals surface area (Å²) in [6, 6.07) is 6.38. The molecule has 0 saturated carbocycles. The van der Waals surface area contributed by atoms with Crippen LogP contribution >= 0.6 is 0 Å². The van der Waals surface area contributed by atoms with E-state index in [2.05, 4.69) is 15.4 Å². The number of hydrogen-bond donors (Lipinski definition) is 1. The van der Waals surface area contributed by atoms with Crippen molar-refractivity contribution in [3.05, 3.63) is 65.4 Å². The second-order valence-corrected chi connectivity index (χ2v) is 5.12. The van der Waals surface area contributed by atoms with Crippen LogP contribution < -0.4 is 5.32 Å². The molecule has 0 amide bonds. The van der Waals surface area contributed by atoms with Gasteiger partial charge in [-0.3, -0.25) is 0 Å². The van der Waals surface area contributed by atoms with Gasteiger partial charge in [0.1, 0.15) is 11.6 Å². The minimum absolute atomic E-state index is 0.271. The van der Waals surface area contributed by atoms with Gasteiger partial charge >= 0.3 is 0 Å². The molecule has 0 aliphatic heterocycles. The molecule has 2 heterocycles. The van der Waals surface area contributed by atoms with Crippen molar-refractivity contribution in [1.29, 1.82) is 0 Å². The van der Waals surface area contributed by atoms with Crippen LogP contribution in [0.3, 0.4) is 0 Å². The van der Waals surface area contributed by atoms with Crippen molar-refractivity contribution >= 4 is 0 Å².